The zero-order valence-corrected chi connectivity index (χ0v) is 25.8. The van der Waals surface area contributed by atoms with E-state index in [1.165, 1.54) is 0 Å². The van der Waals surface area contributed by atoms with Gasteiger partial charge in [0.2, 0.25) is 0 Å². The zero-order chi connectivity index (χ0) is 28.9. The van der Waals surface area contributed by atoms with Crippen molar-refractivity contribution < 1.29 is 18.7 Å². The Bertz CT molecular complexity index is 1560. The molecule has 2 aromatic carbocycles. The summed E-state index contributed by atoms with van der Waals surface area (Å²) in [5, 5.41) is 9.02. The molecule has 0 radical (unpaired) electrons. The summed E-state index contributed by atoms with van der Waals surface area (Å²) in [6.45, 7) is 13.5. The van der Waals surface area contributed by atoms with Crippen LogP contribution in [-0.4, -0.2) is 43.5 Å². The molecule has 8 heteroatoms. The Balaban J connectivity index is 1.42. The first-order chi connectivity index (χ1) is 18.9. The third-order valence-electron chi connectivity index (χ3n) is 8.45. The van der Waals surface area contributed by atoms with Crippen LogP contribution >= 0.6 is 0 Å². The maximum absolute atomic E-state index is 13.2. The van der Waals surface area contributed by atoms with Crippen LogP contribution in [0.2, 0.25) is 18.1 Å². The largest absolute Gasteiger partial charge is 0.497 e. The maximum Gasteiger partial charge on any atom is 0.193 e. The van der Waals surface area contributed by atoms with Gasteiger partial charge in [0.1, 0.15) is 11.5 Å². The molecule has 0 spiro atoms. The second-order valence-electron chi connectivity index (χ2n) is 12.4. The number of hydrogen-bond donors (Lipinski definition) is 1. The normalized spacial score (nSPS) is 14.8. The van der Waals surface area contributed by atoms with Crippen molar-refractivity contribution in [1.29, 1.82) is 0 Å². The number of fused-ring (bicyclic) bond motifs is 1. The van der Waals surface area contributed by atoms with Gasteiger partial charge in [-0.1, -0.05) is 32.9 Å². The number of aryl methyl sites for hydroxylation is 1. The van der Waals surface area contributed by atoms with Crippen molar-refractivity contribution in [3.63, 3.8) is 0 Å². The quantitative estimate of drug-likeness (QED) is 0.171. The number of H-pyrrole nitrogens is 1. The Labute approximate surface area is 237 Å². The SMILES string of the molecule is COc1cc(OC)cc(C(=O)Cc2ccc(C)c(-c3ccc4c(C5(O[Si](C)(C)C(C)(C)C)CC5)[nH]nc4n3)c2)c1. The van der Waals surface area contributed by atoms with E-state index in [-0.39, 0.29) is 22.8 Å². The third kappa shape index (κ3) is 5.30. The highest BCUT2D eigenvalue weighted by atomic mass is 28.4. The van der Waals surface area contributed by atoms with Crippen molar-refractivity contribution in [2.75, 3.05) is 14.2 Å². The molecule has 40 heavy (non-hydrogen) atoms. The average Bonchev–Trinajstić information content (AvgIpc) is 3.55. The van der Waals surface area contributed by atoms with Crippen molar-refractivity contribution >= 4 is 25.1 Å². The van der Waals surface area contributed by atoms with Gasteiger partial charge in [0.25, 0.3) is 0 Å². The van der Waals surface area contributed by atoms with Crippen LogP contribution in [0.5, 0.6) is 11.5 Å². The van der Waals surface area contributed by atoms with Gasteiger partial charge < -0.3 is 13.9 Å². The number of nitrogens with zero attached hydrogens (tertiary/aromatic N) is 2. The summed E-state index contributed by atoms with van der Waals surface area (Å²) in [6, 6.07) is 15.5. The Morgan fingerprint density at radius 3 is 2.27 bits per heavy atom. The van der Waals surface area contributed by atoms with E-state index in [2.05, 4.69) is 63.1 Å². The predicted octanol–water partition coefficient (Wildman–Crippen LogP) is 7.39. The number of hydrogen-bond acceptors (Lipinski definition) is 6. The molecule has 0 unspecified atom stereocenters. The fraction of sp³-hybridized carbons (Fsp3) is 0.406. The lowest BCUT2D eigenvalue weighted by Gasteiger charge is -2.39. The summed E-state index contributed by atoms with van der Waals surface area (Å²) >= 11 is 0. The lowest BCUT2D eigenvalue weighted by molar-refractivity contribution is 0.0992. The fourth-order valence-corrected chi connectivity index (χ4v) is 6.45. The standard InChI is InChI=1S/C32H39N3O4Si/c1-20-9-10-21(16-28(36)22-17-23(37-5)19-24(18-22)38-6)15-26(20)27-12-11-25-29(34-35-30(25)33-27)32(13-14-32)39-40(7,8)31(2,3)4/h9-12,15,17-19H,13-14,16H2,1-8H3,(H,33,34,35). The highest BCUT2D eigenvalue weighted by molar-refractivity contribution is 6.74. The van der Waals surface area contributed by atoms with E-state index in [9.17, 15) is 4.79 Å². The number of methoxy groups -OCH3 is 2. The molecule has 210 valence electrons. The molecule has 1 aliphatic carbocycles. The number of ketones is 1. The number of nitrogens with one attached hydrogen (secondary N) is 1. The lowest BCUT2D eigenvalue weighted by Crippen LogP contribution is -2.44. The van der Waals surface area contributed by atoms with Gasteiger partial charge in [-0.15, -0.1) is 0 Å². The number of benzene rings is 2. The van der Waals surface area contributed by atoms with Gasteiger partial charge in [-0.25, -0.2) is 4.98 Å². The van der Waals surface area contributed by atoms with Crippen molar-refractivity contribution in [1.82, 2.24) is 15.2 Å². The summed E-state index contributed by atoms with van der Waals surface area (Å²) in [6.07, 6.45) is 2.24. The van der Waals surface area contributed by atoms with Crippen LogP contribution in [0, 0.1) is 6.92 Å². The first kappa shape index (κ1) is 28.1. The maximum atomic E-state index is 13.2. The second kappa shape index (κ2) is 10.2. The van der Waals surface area contributed by atoms with E-state index < -0.39 is 8.32 Å². The number of ether oxygens (including phenoxy) is 2. The Kier molecular flexibility index (Phi) is 7.13. The number of carbonyl (C=O) groups is 1. The van der Waals surface area contributed by atoms with Gasteiger partial charge in [-0.2, -0.15) is 5.10 Å². The van der Waals surface area contributed by atoms with Crippen molar-refractivity contribution in [2.24, 2.45) is 0 Å². The number of aromatic nitrogens is 3. The van der Waals surface area contributed by atoms with Crippen molar-refractivity contribution in [2.45, 2.75) is 70.7 Å². The first-order valence-electron chi connectivity index (χ1n) is 13.8. The Morgan fingerprint density at radius 1 is 1.00 bits per heavy atom. The number of pyridine rings is 1. The molecule has 2 aromatic heterocycles. The Morgan fingerprint density at radius 2 is 1.68 bits per heavy atom. The summed E-state index contributed by atoms with van der Waals surface area (Å²) in [5.74, 6) is 1.17. The van der Waals surface area contributed by atoms with Crippen LogP contribution in [0.25, 0.3) is 22.3 Å². The molecule has 0 saturated heterocycles. The molecule has 1 fully saturated rings. The molecular formula is C32H39N3O4Si. The van der Waals surface area contributed by atoms with Crippen molar-refractivity contribution in [3.8, 4) is 22.8 Å². The molecule has 1 N–H and O–H groups in total. The molecule has 0 bridgehead atoms. The number of Topliss-reactive ketones (excluding diaryl/α,β-unsaturated/α-hetero) is 1. The minimum absolute atomic E-state index is 0.0104. The molecule has 4 aromatic rings. The van der Waals surface area contributed by atoms with Crippen LogP contribution in [0.4, 0.5) is 0 Å². The van der Waals surface area contributed by atoms with Crippen LogP contribution in [0.15, 0.2) is 48.5 Å². The zero-order valence-electron chi connectivity index (χ0n) is 24.8. The minimum atomic E-state index is -1.96. The summed E-state index contributed by atoms with van der Waals surface area (Å²) in [4.78, 5) is 18.1. The van der Waals surface area contributed by atoms with Crippen LogP contribution in [0.3, 0.4) is 0 Å². The van der Waals surface area contributed by atoms with Gasteiger partial charge in [0.15, 0.2) is 19.7 Å². The van der Waals surface area contributed by atoms with Crippen LogP contribution < -0.4 is 9.47 Å². The molecule has 1 saturated carbocycles. The number of carbonyl (C=O) groups excluding carboxylic acids is 1. The molecule has 7 nitrogen and oxygen atoms in total. The molecular weight excluding hydrogens is 518 g/mol. The van der Waals surface area contributed by atoms with E-state index in [0.717, 1.165) is 46.3 Å². The second-order valence-corrected chi connectivity index (χ2v) is 17.1. The number of aromatic amines is 1. The molecule has 1 aliphatic rings. The highest BCUT2D eigenvalue weighted by Crippen LogP contribution is 2.54. The van der Waals surface area contributed by atoms with Gasteiger partial charge >= 0.3 is 0 Å². The van der Waals surface area contributed by atoms with E-state index in [4.69, 9.17) is 18.9 Å². The lowest BCUT2D eigenvalue weighted by atomic mass is 9.97. The molecule has 0 amide bonds. The summed E-state index contributed by atoms with van der Waals surface area (Å²) in [5.41, 5.74) is 5.79. The van der Waals surface area contributed by atoms with E-state index in [1.807, 2.05) is 18.2 Å². The third-order valence-corrected chi connectivity index (χ3v) is 13.0. The smallest absolute Gasteiger partial charge is 0.193 e. The van der Waals surface area contributed by atoms with Crippen LogP contribution in [0.1, 0.15) is 60.8 Å². The first-order valence-corrected chi connectivity index (χ1v) is 16.7. The van der Waals surface area contributed by atoms with E-state index >= 15 is 0 Å². The topological polar surface area (TPSA) is 86.3 Å². The van der Waals surface area contributed by atoms with Gasteiger partial charge in [0.05, 0.1) is 31.2 Å². The molecule has 5 rings (SSSR count). The minimum Gasteiger partial charge on any atom is -0.497 e. The van der Waals surface area contributed by atoms with E-state index in [1.54, 1.807) is 32.4 Å². The van der Waals surface area contributed by atoms with Gasteiger partial charge in [-0.3, -0.25) is 9.89 Å². The van der Waals surface area contributed by atoms with Crippen molar-refractivity contribution in [3.05, 3.63) is 70.9 Å². The monoisotopic (exact) mass is 557 g/mol. The average molecular weight is 558 g/mol. The molecule has 0 aliphatic heterocycles. The predicted molar refractivity (Wildman–Crippen MR) is 161 cm³/mol. The molecule has 0 atom stereocenters. The number of rotatable bonds is 9. The highest BCUT2D eigenvalue weighted by Gasteiger charge is 2.54. The fourth-order valence-electron chi connectivity index (χ4n) is 4.86. The summed E-state index contributed by atoms with van der Waals surface area (Å²) < 4.78 is 17.6. The van der Waals surface area contributed by atoms with Gasteiger partial charge in [0, 0.05) is 29.0 Å². The Hall–Kier alpha value is -3.49. The van der Waals surface area contributed by atoms with E-state index in [0.29, 0.717) is 22.7 Å². The van der Waals surface area contributed by atoms with Crippen LogP contribution in [-0.2, 0) is 16.4 Å². The summed E-state index contributed by atoms with van der Waals surface area (Å²) in [7, 11) is 1.20. The molecule has 2 heterocycles. The van der Waals surface area contributed by atoms with Gasteiger partial charge in [-0.05, 0) is 79.4 Å².